The number of aromatic nitrogens is 3. The summed E-state index contributed by atoms with van der Waals surface area (Å²) in [5, 5.41) is 5.57. The number of fused-ring (bicyclic) bond motifs is 3. The Morgan fingerprint density at radius 2 is 1.74 bits per heavy atom. The third-order valence-corrected chi connectivity index (χ3v) is 6.74. The first-order chi connectivity index (χ1) is 13.2. The van der Waals surface area contributed by atoms with Gasteiger partial charge in [-0.2, -0.15) is 0 Å². The summed E-state index contributed by atoms with van der Waals surface area (Å²) in [5.41, 5.74) is 2.25. The lowest BCUT2D eigenvalue weighted by molar-refractivity contribution is 0.195. The van der Waals surface area contributed by atoms with Crippen LogP contribution < -0.4 is 4.90 Å². The molecule has 1 fully saturated rings. The molecule has 5 rings (SSSR count). The van der Waals surface area contributed by atoms with Crippen LogP contribution in [0.15, 0.2) is 48.5 Å². The highest BCUT2D eigenvalue weighted by Crippen LogP contribution is 2.27. The number of para-hydroxylation sites is 2. The van der Waals surface area contributed by atoms with Crippen LogP contribution in [-0.4, -0.2) is 45.3 Å². The minimum atomic E-state index is 0.720. The van der Waals surface area contributed by atoms with Gasteiger partial charge in [0.15, 0.2) is 0 Å². The van der Waals surface area contributed by atoms with Gasteiger partial charge in [0.2, 0.25) is 9.73 Å². The lowest BCUT2D eigenvalue weighted by atomic mass is 10.2. The molecular formula is C19H18ClN5S2. The third kappa shape index (κ3) is 3.04. The normalized spacial score (nSPS) is 15.8. The molecule has 0 N–H and O–H groups in total. The molecule has 1 saturated heterocycles. The van der Waals surface area contributed by atoms with E-state index in [2.05, 4.69) is 32.4 Å². The van der Waals surface area contributed by atoms with E-state index in [1.165, 1.54) is 4.70 Å². The summed E-state index contributed by atoms with van der Waals surface area (Å²) in [6.45, 7) is 4.53. The summed E-state index contributed by atoms with van der Waals surface area (Å²) >= 11 is 13.7. The first kappa shape index (κ1) is 17.2. The Bertz CT molecular complexity index is 1170. The maximum atomic E-state index is 6.34. The van der Waals surface area contributed by atoms with E-state index in [4.69, 9.17) is 28.9 Å². The Kier molecular flexibility index (Phi) is 4.40. The van der Waals surface area contributed by atoms with E-state index in [1.54, 1.807) is 11.3 Å². The van der Waals surface area contributed by atoms with Crippen LogP contribution in [0.5, 0.6) is 0 Å². The van der Waals surface area contributed by atoms with Crippen molar-refractivity contribution in [2.24, 2.45) is 0 Å². The van der Waals surface area contributed by atoms with Gasteiger partial charge < -0.3 is 4.90 Å². The van der Waals surface area contributed by atoms with Gasteiger partial charge >= 0.3 is 0 Å². The number of piperazine rings is 1. The number of hydrogen-bond donors (Lipinski definition) is 0. The standard InChI is InChI=1S/C19H18ClN5S2/c20-14-5-1-2-6-15(14)23-11-9-22(10-12-23)13-24-19(26)25-16-7-3-4-8-17(16)27-18(25)21-24/h1-8H,9-13H2. The highest BCUT2D eigenvalue weighted by molar-refractivity contribution is 7.71. The van der Waals surface area contributed by atoms with Crippen LogP contribution in [-0.2, 0) is 6.67 Å². The second-order valence-corrected chi connectivity index (χ2v) is 8.45. The molecule has 8 heteroatoms. The Hall–Kier alpha value is -1.93. The van der Waals surface area contributed by atoms with Crippen LogP contribution in [0.1, 0.15) is 0 Å². The van der Waals surface area contributed by atoms with Crippen molar-refractivity contribution in [2.45, 2.75) is 6.67 Å². The van der Waals surface area contributed by atoms with Gasteiger partial charge in [-0.25, -0.2) is 4.68 Å². The highest BCUT2D eigenvalue weighted by Gasteiger charge is 2.20. The van der Waals surface area contributed by atoms with Crippen molar-refractivity contribution >= 4 is 56.0 Å². The zero-order valence-corrected chi connectivity index (χ0v) is 17.0. The molecule has 2 aromatic carbocycles. The minimum Gasteiger partial charge on any atom is -0.368 e. The maximum absolute atomic E-state index is 6.34. The molecule has 5 nitrogen and oxygen atoms in total. The van der Waals surface area contributed by atoms with Crippen molar-refractivity contribution in [3.63, 3.8) is 0 Å². The topological polar surface area (TPSA) is 28.7 Å². The van der Waals surface area contributed by atoms with E-state index in [-0.39, 0.29) is 0 Å². The number of rotatable bonds is 3. The van der Waals surface area contributed by atoms with Crippen LogP contribution in [0.25, 0.3) is 15.2 Å². The fourth-order valence-electron chi connectivity index (χ4n) is 3.61. The number of hydrogen-bond acceptors (Lipinski definition) is 5. The predicted molar refractivity (Wildman–Crippen MR) is 115 cm³/mol. The molecule has 4 aromatic rings. The SMILES string of the molecule is S=c1n(CN2CCN(c3ccccc3Cl)CC2)nc2sc3ccccc3n12. The van der Waals surface area contributed by atoms with E-state index < -0.39 is 0 Å². The second-order valence-electron chi connectivity index (χ2n) is 6.67. The molecule has 1 aliphatic heterocycles. The molecule has 0 bridgehead atoms. The fourth-order valence-corrected chi connectivity index (χ4v) is 5.23. The van der Waals surface area contributed by atoms with Crippen molar-refractivity contribution < 1.29 is 0 Å². The summed E-state index contributed by atoms with van der Waals surface area (Å²) < 4.78 is 6.00. The largest absolute Gasteiger partial charge is 0.368 e. The van der Waals surface area contributed by atoms with Gasteiger partial charge in [0.1, 0.15) is 0 Å². The van der Waals surface area contributed by atoms with Crippen LogP contribution in [0.4, 0.5) is 5.69 Å². The van der Waals surface area contributed by atoms with Crippen LogP contribution in [0.2, 0.25) is 5.02 Å². The number of thiazole rings is 1. The van der Waals surface area contributed by atoms with Gasteiger partial charge in [0.25, 0.3) is 0 Å². The predicted octanol–water partition coefficient (Wildman–Crippen LogP) is 4.51. The Morgan fingerprint density at radius 3 is 2.56 bits per heavy atom. The lowest BCUT2D eigenvalue weighted by Crippen LogP contribution is -2.47. The monoisotopic (exact) mass is 415 g/mol. The molecule has 2 aromatic heterocycles. The van der Waals surface area contributed by atoms with Crippen molar-refractivity contribution in [1.29, 1.82) is 0 Å². The Balaban J connectivity index is 1.34. The summed E-state index contributed by atoms with van der Waals surface area (Å²) in [6, 6.07) is 16.3. The van der Waals surface area contributed by atoms with Gasteiger partial charge in [0, 0.05) is 26.2 Å². The summed E-state index contributed by atoms with van der Waals surface area (Å²) in [7, 11) is 0. The molecule has 0 aliphatic carbocycles. The van der Waals surface area contributed by atoms with E-state index in [0.717, 1.165) is 58.8 Å². The zero-order chi connectivity index (χ0) is 18.4. The van der Waals surface area contributed by atoms with E-state index >= 15 is 0 Å². The maximum Gasteiger partial charge on any atom is 0.216 e. The molecule has 0 unspecified atom stereocenters. The van der Waals surface area contributed by atoms with E-state index in [0.29, 0.717) is 0 Å². The van der Waals surface area contributed by atoms with Crippen LogP contribution in [0.3, 0.4) is 0 Å². The molecule has 0 atom stereocenters. The van der Waals surface area contributed by atoms with Crippen LogP contribution in [0, 0.1) is 4.77 Å². The van der Waals surface area contributed by atoms with Crippen LogP contribution >= 0.6 is 35.2 Å². The highest BCUT2D eigenvalue weighted by atomic mass is 35.5. The number of nitrogens with zero attached hydrogens (tertiary/aromatic N) is 5. The summed E-state index contributed by atoms with van der Waals surface area (Å²) in [6.07, 6.45) is 0. The summed E-state index contributed by atoms with van der Waals surface area (Å²) in [4.78, 5) is 5.69. The van der Waals surface area contributed by atoms with Gasteiger partial charge in [-0.15, -0.1) is 5.10 Å². The molecule has 0 radical (unpaired) electrons. The molecule has 0 amide bonds. The molecule has 27 heavy (non-hydrogen) atoms. The lowest BCUT2D eigenvalue weighted by Gasteiger charge is -2.36. The first-order valence-corrected chi connectivity index (χ1v) is 10.5. The van der Waals surface area contributed by atoms with Gasteiger partial charge in [-0.1, -0.05) is 47.2 Å². The van der Waals surface area contributed by atoms with Crippen molar-refractivity contribution in [3.05, 3.63) is 58.3 Å². The summed E-state index contributed by atoms with van der Waals surface area (Å²) in [5.74, 6) is 0. The van der Waals surface area contributed by atoms with Crippen molar-refractivity contribution in [2.75, 3.05) is 31.1 Å². The molecule has 138 valence electrons. The Labute approximate surface area is 171 Å². The van der Waals surface area contributed by atoms with Gasteiger partial charge in [-0.3, -0.25) is 9.30 Å². The van der Waals surface area contributed by atoms with E-state index in [9.17, 15) is 0 Å². The van der Waals surface area contributed by atoms with Gasteiger partial charge in [0.05, 0.1) is 27.6 Å². The van der Waals surface area contributed by atoms with Crippen molar-refractivity contribution in [3.8, 4) is 0 Å². The third-order valence-electron chi connectivity index (χ3n) is 5.02. The van der Waals surface area contributed by atoms with Gasteiger partial charge in [-0.05, 0) is 36.5 Å². The molecule has 0 spiro atoms. The average Bonchev–Trinajstić information content (AvgIpc) is 3.19. The second kappa shape index (κ2) is 6.91. The van der Waals surface area contributed by atoms with Crippen molar-refractivity contribution in [1.82, 2.24) is 19.1 Å². The minimum absolute atomic E-state index is 0.720. The number of halogens is 1. The molecule has 0 saturated carbocycles. The molecule has 3 heterocycles. The number of anilines is 1. The quantitative estimate of drug-likeness (QED) is 0.460. The smallest absolute Gasteiger partial charge is 0.216 e. The molecule has 1 aliphatic rings. The van der Waals surface area contributed by atoms with E-state index in [1.807, 2.05) is 35.0 Å². The fraction of sp³-hybridized carbons (Fsp3) is 0.263. The Morgan fingerprint density at radius 1 is 1.00 bits per heavy atom. The number of benzene rings is 2. The zero-order valence-electron chi connectivity index (χ0n) is 14.6. The average molecular weight is 416 g/mol. The first-order valence-electron chi connectivity index (χ1n) is 8.90. The molecular weight excluding hydrogens is 398 g/mol.